The molecule has 4 rings (SSSR count). The Bertz CT molecular complexity index is 1500. The van der Waals surface area contributed by atoms with Crippen LogP contribution in [0.15, 0.2) is 41.2 Å². The summed E-state index contributed by atoms with van der Waals surface area (Å²) >= 11 is 12.3. The smallest absolute Gasteiger partial charge is 0.269 e. The zero-order valence-corrected chi connectivity index (χ0v) is 18.5. The zero-order valence-electron chi connectivity index (χ0n) is 17.0. The summed E-state index contributed by atoms with van der Waals surface area (Å²) in [7, 11) is 0. The lowest BCUT2D eigenvalue weighted by Gasteiger charge is -2.21. The second-order valence-electron chi connectivity index (χ2n) is 7.04. The van der Waals surface area contributed by atoms with Crippen LogP contribution in [0.25, 0.3) is 16.6 Å². The van der Waals surface area contributed by atoms with Crippen LogP contribution in [0.3, 0.4) is 0 Å². The van der Waals surface area contributed by atoms with Crippen LogP contribution in [-0.4, -0.2) is 19.5 Å². The van der Waals surface area contributed by atoms with Crippen molar-refractivity contribution in [2.75, 3.05) is 16.8 Å². The van der Waals surface area contributed by atoms with Gasteiger partial charge in [0.05, 0.1) is 17.2 Å². The number of halogens is 3. The number of rotatable bonds is 4. The largest absolute Gasteiger partial charge is 0.382 e. The fourth-order valence-corrected chi connectivity index (χ4v) is 3.91. The molecule has 0 fully saturated rings. The standard InChI is InChI=1S/C21H15Cl2FN8O/c1-9(28-18-13(8-25)17(26)30-21(27)31-18)19-29-15-4-2-3-14(24)16(15)20(33)32(19)12-6-10(22)5-11(23)7-12/h2-7,9H,1H3,(H5,26,27,28,30,31)/t9-/m0/s1. The lowest BCUT2D eigenvalue weighted by molar-refractivity contribution is 0.635. The fraction of sp³-hybridized carbons (Fsp3) is 0.0952. The Morgan fingerprint density at radius 3 is 2.52 bits per heavy atom. The van der Waals surface area contributed by atoms with Crippen LogP contribution in [-0.2, 0) is 0 Å². The van der Waals surface area contributed by atoms with E-state index >= 15 is 0 Å². The summed E-state index contributed by atoms with van der Waals surface area (Å²) in [6, 6.07) is 9.83. The highest BCUT2D eigenvalue weighted by Crippen LogP contribution is 2.27. The molecule has 0 radical (unpaired) electrons. The van der Waals surface area contributed by atoms with Crippen LogP contribution < -0.4 is 22.3 Å². The molecule has 0 unspecified atom stereocenters. The van der Waals surface area contributed by atoms with Crippen molar-refractivity contribution >= 4 is 51.7 Å². The van der Waals surface area contributed by atoms with Gasteiger partial charge in [0, 0.05) is 10.0 Å². The van der Waals surface area contributed by atoms with Crippen molar-refractivity contribution < 1.29 is 4.39 Å². The first-order chi connectivity index (χ1) is 15.7. The summed E-state index contributed by atoms with van der Waals surface area (Å²) in [6.45, 7) is 1.67. The van der Waals surface area contributed by atoms with Gasteiger partial charge in [0.1, 0.15) is 34.5 Å². The van der Waals surface area contributed by atoms with Crippen molar-refractivity contribution in [3.8, 4) is 11.8 Å². The third kappa shape index (κ3) is 4.11. The van der Waals surface area contributed by atoms with E-state index in [9.17, 15) is 14.4 Å². The second-order valence-corrected chi connectivity index (χ2v) is 7.91. The minimum atomic E-state index is -0.732. The van der Waals surface area contributed by atoms with E-state index in [1.165, 1.54) is 41.0 Å². The SMILES string of the molecule is C[C@H](Nc1nc(N)nc(N)c1C#N)c1nc2cccc(F)c2c(=O)n1-c1cc(Cl)cc(Cl)c1. The zero-order chi connectivity index (χ0) is 23.9. The van der Waals surface area contributed by atoms with E-state index in [1.807, 2.05) is 6.07 Å². The molecule has 2 heterocycles. The molecule has 0 amide bonds. The van der Waals surface area contributed by atoms with Gasteiger partial charge in [-0.3, -0.25) is 9.36 Å². The predicted octanol–water partition coefficient (Wildman–Crippen LogP) is 3.83. The molecule has 166 valence electrons. The van der Waals surface area contributed by atoms with Gasteiger partial charge in [-0.15, -0.1) is 0 Å². The molecule has 1 atom stereocenters. The average Bonchev–Trinajstić information content (AvgIpc) is 2.72. The Hall–Kier alpha value is -3.94. The quantitative estimate of drug-likeness (QED) is 0.395. The predicted molar refractivity (Wildman–Crippen MR) is 125 cm³/mol. The summed E-state index contributed by atoms with van der Waals surface area (Å²) in [6.07, 6.45) is 0. The molecule has 0 spiro atoms. The van der Waals surface area contributed by atoms with Crippen molar-refractivity contribution in [3.05, 3.63) is 74.0 Å². The molecule has 0 aliphatic rings. The minimum absolute atomic E-state index is 0.0254. The van der Waals surface area contributed by atoms with E-state index in [4.69, 9.17) is 34.7 Å². The van der Waals surface area contributed by atoms with Crippen LogP contribution in [0.5, 0.6) is 0 Å². The van der Waals surface area contributed by atoms with Gasteiger partial charge < -0.3 is 16.8 Å². The van der Waals surface area contributed by atoms with E-state index in [0.29, 0.717) is 0 Å². The molecule has 0 bridgehead atoms. The third-order valence-corrected chi connectivity index (χ3v) is 5.22. The lowest BCUT2D eigenvalue weighted by Crippen LogP contribution is -2.28. The second kappa shape index (κ2) is 8.54. The minimum Gasteiger partial charge on any atom is -0.382 e. The van der Waals surface area contributed by atoms with Crippen molar-refractivity contribution in [1.82, 2.24) is 19.5 Å². The molecule has 0 aliphatic heterocycles. The number of nitriles is 1. The number of nitrogen functional groups attached to an aromatic ring is 2. The van der Waals surface area contributed by atoms with Gasteiger partial charge in [0.25, 0.3) is 5.56 Å². The monoisotopic (exact) mass is 484 g/mol. The van der Waals surface area contributed by atoms with E-state index in [2.05, 4.69) is 20.3 Å². The van der Waals surface area contributed by atoms with Crippen molar-refractivity contribution in [1.29, 1.82) is 5.26 Å². The van der Waals surface area contributed by atoms with Crippen LogP contribution in [0.2, 0.25) is 10.0 Å². The van der Waals surface area contributed by atoms with Crippen LogP contribution in [0.1, 0.15) is 24.4 Å². The van der Waals surface area contributed by atoms with Crippen molar-refractivity contribution in [2.24, 2.45) is 0 Å². The van der Waals surface area contributed by atoms with Gasteiger partial charge in [-0.1, -0.05) is 29.3 Å². The maximum atomic E-state index is 14.6. The number of nitrogens with one attached hydrogen (secondary N) is 1. The van der Waals surface area contributed by atoms with E-state index in [-0.39, 0.29) is 55.6 Å². The van der Waals surface area contributed by atoms with Crippen LogP contribution >= 0.6 is 23.2 Å². The molecule has 2 aromatic carbocycles. The first kappa shape index (κ1) is 22.3. The number of aromatic nitrogens is 4. The van der Waals surface area contributed by atoms with Gasteiger partial charge in [0.15, 0.2) is 5.82 Å². The highest BCUT2D eigenvalue weighted by Gasteiger charge is 2.22. The summed E-state index contributed by atoms with van der Waals surface area (Å²) in [5, 5.41) is 12.8. The van der Waals surface area contributed by atoms with E-state index < -0.39 is 17.4 Å². The summed E-state index contributed by atoms with van der Waals surface area (Å²) < 4.78 is 15.8. The van der Waals surface area contributed by atoms with Gasteiger partial charge in [-0.2, -0.15) is 15.2 Å². The van der Waals surface area contributed by atoms with Crippen LogP contribution in [0.4, 0.5) is 22.0 Å². The number of benzene rings is 2. The van der Waals surface area contributed by atoms with Gasteiger partial charge in [0.2, 0.25) is 5.95 Å². The van der Waals surface area contributed by atoms with Crippen molar-refractivity contribution in [2.45, 2.75) is 13.0 Å². The molecule has 0 aliphatic carbocycles. The topological polar surface area (TPSA) is 149 Å². The Balaban J connectivity index is 1.97. The molecule has 12 heteroatoms. The Labute approximate surface area is 196 Å². The highest BCUT2D eigenvalue weighted by atomic mass is 35.5. The molecular weight excluding hydrogens is 470 g/mol. The number of fused-ring (bicyclic) bond motifs is 1. The molecule has 0 saturated carbocycles. The Morgan fingerprint density at radius 1 is 1.15 bits per heavy atom. The molecule has 2 aromatic heterocycles. The molecule has 0 saturated heterocycles. The van der Waals surface area contributed by atoms with E-state index in [0.717, 1.165) is 0 Å². The van der Waals surface area contributed by atoms with Gasteiger partial charge >= 0.3 is 0 Å². The highest BCUT2D eigenvalue weighted by molar-refractivity contribution is 6.34. The maximum Gasteiger partial charge on any atom is 0.269 e. The summed E-state index contributed by atoms with van der Waals surface area (Å²) in [4.78, 5) is 25.8. The number of nitrogens with two attached hydrogens (primary N) is 2. The average molecular weight is 485 g/mol. The first-order valence-electron chi connectivity index (χ1n) is 9.47. The fourth-order valence-electron chi connectivity index (χ4n) is 3.40. The molecule has 9 nitrogen and oxygen atoms in total. The number of hydrogen-bond acceptors (Lipinski definition) is 8. The Morgan fingerprint density at radius 2 is 1.85 bits per heavy atom. The maximum absolute atomic E-state index is 14.6. The third-order valence-electron chi connectivity index (χ3n) is 4.78. The molecular formula is C21H15Cl2FN8O. The summed E-state index contributed by atoms with van der Waals surface area (Å²) in [5.41, 5.74) is 11.2. The number of hydrogen-bond donors (Lipinski definition) is 3. The number of anilines is 3. The molecule has 5 N–H and O–H groups in total. The first-order valence-corrected chi connectivity index (χ1v) is 10.2. The molecule has 33 heavy (non-hydrogen) atoms. The molecule has 4 aromatic rings. The van der Waals surface area contributed by atoms with Crippen molar-refractivity contribution in [3.63, 3.8) is 0 Å². The van der Waals surface area contributed by atoms with Gasteiger partial charge in [-0.25, -0.2) is 9.37 Å². The van der Waals surface area contributed by atoms with Crippen LogP contribution in [0, 0.1) is 17.1 Å². The van der Waals surface area contributed by atoms with E-state index in [1.54, 1.807) is 6.92 Å². The Kier molecular flexibility index (Phi) is 5.76. The normalized spacial score (nSPS) is 11.8. The lowest BCUT2D eigenvalue weighted by atomic mass is 10.2. The number of nitrogens with zero attached hydrogens (tertiary/aromatic N) is 5. The summed E-state index contributed by atoms with van der Waals surface area (Å²) in [5.74, 6) is -0.737. The van der Waals surface area contributed by atoms with Gasteiger partial charge in [-0.05, 0) is 37.3 Å².